The van der Waals surface area contributed by atoms with Crippen LogP contribution < -0.4 is 15.7 Å². The number of amides is 1. The van der Waals surface area contributed by atoms with Gasteiger partial charge in [-0.15, -0.1) is 0 Å². The molecule has 0 spiro atoms. The first-order valence-electron chi connectivity index (χ1n) is 11.8. The maximum atomic E-state index is 12.8. The zero-order valence-corrected chi connectivity index (χ0v) is 21.6. The summed E-state index contributed by atoms with van der Waals surface area (Å²) in [6.45, 7) is 6.10. The lowest BCUT2D eigenvalue weighted by Gasteiger charge is -2.11. The Kier molecular flexibility index (Phi) is 7.35. The summed E-state index contributed by atoms with van der Waals surface area (Å²) in [5.74, 6) is -0.505. The van der Waals surface area contributed by atoms with Crippen molar-refractivity contribution in [3.8, 4) is 5.75 Å². The van der Waals surface area contributed by atoms with E-state index in [4.69, 9.17) is 4.42 Å². The van der Waals surface area contributed by atoms with Gasteiger partial charge in [-0.25, -0.2) is 13.2 Å². The standard InChI is InChI=1S/C28H28N2O6S/c1-17(2)7-10-19-5-4-6-20(15-19)27(32)29-25-26(31)23-14-11-21(16-24(23)36-28(25)33)30-37(34,35)22-12-8-18(3)9-13-22/h4-6,8-9,11-17,30-31H,7,10H2,1-3H3,(H,29,32). The highest BCUT2D eigenvalue weighted by molar-refractivity contribution is 7.92. The van der Waals surface area contributed by atoms with E-state index in [-0.39, 0.29) is 21.6 Å². The third kappa shape index (κ3) is 6.00. The molecule has 1 amide bonds. The molecule has 3 aromatic carbocycles. The maximum Gasteiger partial charge on any atom is 0.364 e. The molecule has 3 N–H and O–H groups in total. The van der Waals surface area contributed by atoms with E-state index in [0.717, 1.165) is 24.0 Å². The molecule has 9 heteroatoms. The Morgan fingerprint density at radius 2 is 1.76 bits per heavy atom. The molecule has 4 rings (SSSR count). The summed E-state index contributed by atoms with van der Waals surface area (Å²) < 4.78 is 33.1. The van der Waals surface area contributed by atoms with Crippen LogP contribution in [-0.2, 0) is 16.4 Å². The molecule has 0 aliphatic carbocycles. The van der Waals surface area contributed by atoms with Crippen molar-refractivity contribution >= 4 is 38.3 Å². The van der Waals surface area contributed by atoms with Crippen molar-refractivity contribution in [2.75, 3.05) is 10.0 Å². The van der Waals surface area contributed by atoms with Crippen LogP contribution in [0.15, 0.2) is 80.8 Å². The van der Waals surface area contributed by atoms with E-state index in [1.165, 1.54) is 30.3 Å². The predicted molar refractivity (Wildman–Crippen MR) is 144 cm³/mol. The lowest BCUT2D eigenvalue weighted by atomic mass is 10.0. The normalized spacial score (nSPS) is 11.6. The van der Waals surface area contributed by atoms with E-state index >= 15 is 0 Å². The van der Waals surface area contributed by atoms with Gasteiger partial charge >= 0.3 is 5.63 Å². The summed E-state index contributed by atoms with van der Waals surface area (Å²) in [5.41, 5.74) is 1.01. The number of hydrogen-bond acceptors (Lipinski definition) is 6. The molecule has 0 radical (unpaired) electrons. The fourth-order valence-corrected chi connectivity index (χ4v) is 4.85. The Hall–Kier alpha value is -4.11. The van der Waals surface area contributed by atoms with Crippen molar-refractivity contribution in [3.05, 3.63) is 93.8 Å². The van der Waals surface area contributed by atoms with Crippen molar-refractivity contribution in [2.45, 2.75) is 38.5 Å². The molecule has 0 fully saturated rings. The molecule has 37 heavy (non-hydrogen) atoms. The average molecular weight is 521 g/mol. The number of carbonyl (C=O) groups excluding carboxylic acids is 1. The van der Waals surface area contributed by atoms with Gasteiger partial charge in [-0.2, -0.15) is 0 Å². The lowest BCUT2D eigenvalue weighted by molar-refractivity contribution is 0.102. The van der Waals surface area contributed by atoms with Crippen LogP contribution in [0.3, 0.4) is 0 Å². The quantitative estimate of drug-likeness (QED) is 0.265. The Morgan fingerprint density at radius 1 is 1.03 bits per heavy atom. The minimum Gasteiger partial charge on any atom is -0.505 e. The van der Waals surface area contributed by atoms with Gasteiger partial charge in [0.25, 0.3) is 15.9 Å². The maximum absolute atomic E-state index is 12.8. The number of carbonyl (C=O) groups is 1. The zero-order chi connectivity index (χ0) is 26.7. The number of anilines is 2. The van der Waals surface area contributed by atoms with Crippen molar-refractivity contribution < 1.29 is 22.7 Å². The van der Waals surface area contributed by atoms with Crippen LogP contribution in [0.2, 0.25) is 0 Å². The Bertz CT molecular complexity index is 1620. The first kappa shape index (κ1) is 26.0. The van der Waals surface area contributed by atoms with Crippen molar-refractivity contribution in [3.63, 3.8) is 0 Å². The highest BCUT2D eigenvalue weighted by atomic mass is 32.2. The number of hydrogen-bond donors (Lipinski definition) is 3. The Balaban J connectivity index is 1.58. The highest BCUT2D eigenvalue weighted by Crippen LogP contribution is 2.32. The second kappa shape index (κ2) is 10.5. The number of nitrogens with one attached hydrogen (secondary N) is 2. The molecule has 0 saturated carbocycles. The topological polar surface area (TPSA) is 126 Å². The summed E-state index contributed by atoms with van der Waals surface area (Å²) in [5, 5.41) is 13.3. The third-order valence-electron chi connectivity index (χ3n) is 5.90. The van der Waals surface area contributed by atoms with Gasteiger partial charge in [0.15, 0.2) is 11.4 Å². The van der Waals surface area contributed by atoms with Crippen LogP contribution in [0, 0.1) is 12.8 Å². The summed E-state index contributed by atoms with van der Waals surface area (Å²) in [6, 6.07) is 17.6. The third-order valence-corrected chi connectivity index (χ3v) is 7.30. The number of sulfonamides is 1. The summed E-state index contributed by atoms with van der Waals surface area (Å²) in [7, 11) is -3.88. The number of rotatable bonds is 8. The Labute approximate surface area is 215 Å². The number of fused-ring (bicyclic) bond motifs is 1. The van der Waals surface area contributed by atoms with Crippen LogP contribution >= 0.6 is 0 Å². The second-order valence-electron chi connectivity index (χ2n) is 9.33. The predicted octanol–water partition coefficient (Wildman–Crippen LogP) is 5.45. The summed E-state index contributed by atoms with van der Waals surface area (Å²) in [4.78, 5) is 25.5. The van der Waals surface area contributed by atoms with Gasteiger partial charge in [0.05, 0.1) is 16.0 Å². The molecule has 0 aliphatic heterocycles. The largest absolute Gasteiger partial charge is 0.505 e. The highest BCUT2D eigenvalue weighted by Gasteiger charge is 2.19. The zero-order valence-electron chi connectivity index (χ0n) is 20.7. The van der Waals surface area contributed by atoms with Crippen molar-refractivity contribution in [1.29, 1.82) is 0 Å². The van der Waals surface area contributed by atoms with Crippen LogP contribution in [0.4, 0.5) is 11.4 Å². The molecule has 0 bridgehead atoms. The van der Waals surface area contributed by atoms with E-state index in [0.29, 0.717) is 11.5 Å². The molecule has 0 aliphatic rings. The molecular weight excluding hydrogens is 492 g/mol. The Morgan fingerprint density at radius 3 is 2.46 bits per heavy atom. The summed E-state index contributed by atoms with van der Waals surface area (Å²) >= 11 is 0. The minimum absolute atomic E-state index is 0.0414. The first-order chi connectivity index (χ1) is 17.5. The van der Waals surface area contributed by atoms with Gasteiger partial charge in [0.1, 0.15) is 5.58 Å². The van der Waals surface area contributed by atoms with Crippen LogP contribution in [0.25, 0.3) is 11.0 Å². The number of aryl methyl sites for hydroxylation is 2. The van der Waals surface area contributed by atoms with Crippen molar-refractivity contribution in [2.24, 2.45) is 5.92 Å². The van der Waals surface area contributed by atoms with Gasteiger partial charge in [-0.05, 0) is 67.6 Å². The van der Waals surface area contributed by atoms with Gasteiger partial charge in [0.2, 0.25) is 0 Å². The van der Waals surface area contributed by atoms with Crippen LogP contribution in [-0.4, -0.2) is 19.4 Å². The molecule has 4 aromatic rings. The molecule has 8 nitrogen and oxygen atoms in total. The van der Waals surface area contributed by atoms with E-state index in [1.807, 2.05) is 13.0 Å². The monoisotopic (exact) mass is 520 g/mol. The number of aromatic hydroxyl groups is 1. The van der Waals surface area contributed by atoms with E-state index in [9.17, 15) is 23.1 Å². The summed E-state index contributed by atoms with van der Waals surface area (Å²) in [6.07, 6.45) is 1.79. The van der Waals surface area contributed by atoms with Crippen LogP contribution in [0.5, 0.6) is 5.75 Å². The fourth-order valence-electron chi connectivity index (χ4n) is 3.80. The number of benzene rings is 3. The van der Waals surface area contributed by atoms with Gasteiger partial charge in [-0.3, -0.25) is 9.52 Å². The molecule has 0 atom stereocenters. The lowest BCUT2D eigenvalue weighted by Crippen LogP contribution is -2.18. The van der Waals surface area contributed by atoms with Crippen LogP contribution in [0.1, 0.15) is 41.8 Å². The van der Waals surface area contributed by atoms with Gasteiger partial charge < -0.3 is 14.8 Å². The molecular formula is C28H28N2O6S. The SMILES string of the molecule is Cc1ccc(S(=O)(=O)Nc2ccc3c(O)c(NC(=O)c4cccc(CCC(C)C)c4)c(=O)oc3c2)cc1. The molecule has 192 valence electrons. The van der Waals surface area contributed by atoms with E-state index < -0.39 is 33.0 Å². The molecule has 1 aromatic heterocycles. The fraction of sp³-hybridized carbons (Fsp3) is 0.214. The molecule has 0 unspecified atom stereocenters. The van der Waals surface area contributed by atoms with Gasteiger partial charge in [0, 0.05) is 11.6 Å². The van der Waals surface area contributed by atoms with E-state index in [2.05, 4.69) is 23.9 Å². The second-order valence-corrected chi connectivity index (χ2v) is 11.0. The van der Waals surface area contributed by atoms with Gasteiger partial charge in [-0.1, -0.05) is 43.7 Å². The minimum atomic E-state index is -3.88. The average Bonchev–Trinajstić information content (AvgIpc) is 2.85. The van der Waals surface area contributed by atoms with Crippen molar-refractivity contribution in [1.82, 2.24) is 0 Å². The van der Waals surface area contributed by atoms with E-state index in [1.54, 1.807) is 30.3 Å². The first-order valence-corrected chi connectivity index (χ1v) is 13.3. The molecule has 0 saturated heterocycles. The molecule has 1 heterocycles. The smallest absolute Gasteiger partial charge is 0.364 e.